The third-order valence-corrected chi connectivity index (χ3v) is 3.67. The van der Waals surface area contributed by atoms with Crippen molar-refractivity contribution >= 4 is 28.6 Å². The molecule has 0 saturated carbocycles. The van der Waals surface area contributed by atoms with Crippen molar-refractivity contribution in [3.8, 4) is 5.69 Å². The van der Waals surface area contributed by atoms with E-state index in [4.69, 9.17) is 0 Å². The molecule has 0 radical (unpaired) electrons. The second-order valence-electron chi connectivity index (χ2n) is 4.50. The van der Waals surface area contributed by atoms with Gasteiger partial charge in [-0.05, 0) is 12.5 Å². The standard InChI is InChI=1S/C15H15N3O3S/c1-12(19)22-9-5-4-6-13-10-16-17(11-13)14-7-2-3-8-15(14)18(20)21/h2-4,6-8,10-11H,5,9H2,1H3. The fourth-order valence-electron chi connectivity index (χ4n) is 1.86. The maximum Gasteiger partial charge on any atom is 0.294 e. The van der Waals surface area contributed by atoms with E-state index in [1.54, 1.807) is 37.5 Å². The van der Waals surface area contributed by atoms with Gasteiger partial charge in [0.25, 0.3) is 5.69 Å². The van der Waals surface area contributed by atoms with Crippen molar-refractivity contribution in [1.29, 1.82) is 0 Å². The van der Waals surface area contributed by atoms with Crippen LogP contribution in [-0.2, 0) is 4.79 Å². The number of para-hydroxylation sites is 2. The third-order valence-electron chi connectivity index (χ3n) is 2.83. The summed E-state index contributed by atoms with van der Waals surface area (Å²) in [6, 6.07) is 6.46. The molecule has 0 aliphatic heterocycles. The van der Waals surface area contributed by atoms with Crippen LogP contribution in [0.5, 0.6) is 0 Å². The Balaban J connectivity index is 2.07. The normalized spacial score (nSPS) is 11.0. The number of nitro benzene ring substituents is 1. The maximum atomic E-state index is 11.0. The van der Waals surface area contributed by atoms with Crippen LogP contribution >= 0.6 is 11.8 Å². The average molecular weight is 317 g/mol. The molecule has 1 aromatic carbocycles. The maximum absolute atomic E-state index is 11.0. The van der Waals surface area contributed by atoms with Gasteiger partial charge in [0.05, 0.1) is 11.1 Å². The molecule has 0 bridgehead atoms. The van der Waals surface area contributed by atoms with E-state index in [0.29, 0.717) is 5.69 Å². The monoisotopic (exact) mass is 317 g/mol. The lowest BCUT2D eigenvalue weighted by atomic mass is 10.2. The van der Waals surface area contributed by atoms with E-state index < -0.39 is 4.92 Å². The smallest absolute Gasteiger partial charge is 0.288 e. The summed E-state index contributed by atoms with van der Waals surface area (Å²) in [5, 5.41) is 15.3. The first-order valence-electron chi connectivity index (χ1n) is 6.66. The summed E-state index contributed by atoms with van der Waals surface area (Å²) in [6.07, 6.45) is 8.00. The second-order valence-corrected chi connectivity index (χ2v) is 5.77. The van der Waals surface area contributed by atoms with E-state index in [1.165, 1.54) is 22.5 Å². The topological polar surface area (TPSA) is 78.0 Å². The van der Waals surface area contributed by atoms with Gasteiger partial charge in [0.2, 0.25) is 0 Å². The number of nitrogens with zero attached hydrogens (tertiary/aromatic N) is 3. The molecule has 0 N–H and O–H groups in total. The second kappa shape index (κ2) is 7.56. The van der Waals surface area contributed by atoms with Crippen molar-refractivity contribution in [2.24, 2.45) is 0 Å². The van der Waals surface area contributed by atoms with Crippen LogP contribution in [0.25, 0.3) is 11.8 Å². The highest BCUT2D eigenvalue weighted by Crippen LogP contribution is 2.22. The van der Waals surface area contributed by atoms with Crippen LogP contribution in [0.2, 0.25) is 0 Å². The predicted octanol–water partition coefficient (Wildman–Crippen LogP) is 3.46. The Morgan fingerprint density at radius 1 is 1.45 bits per heavy atom. The minimum Gasteiger partial charge on any atom is -0.288 e. The summed E-state index contributed by atoms with van der Waals surface area (Å²) in [4.78, 5) is 21.4. The molecule has 6 nitrogen and oxygen atoms in total. The number of benzene rings is 1. The van der Waals surface area contributed by atoms with Crippen molar-refractivity contribution in [2.45, 2.75) is 13.3 Å². The summed E-state index contributed by atoms with van der Waals surface area (Å²) < 4.78 is 1.49. The molecule has 0 aliphatic rings. The number of allylic oxidation sites excluding steroid dienone is 1. The van der Waals surface area contributed by atoms with Crippen molar-refractivity contribution in [1.82, 2.24) is 9.78 Å². The molecule has 114 valence electrons. The fraction of sp³-hybridized carbons (Fsp3) is 0.200. The predicted molar refractivity (Wildman–Crippen MR) is 87.0 cm³/mol. The van der Waals surface area contributed by atoms with E-state index in [9.17, 15) is 14.9 Å². The van der Waals surface area contributed by atoms with Gasteiger partial charge in [-0.2, -0.15) is 5.10 Å². The zero-order valence-corrected chi connectivity index (χ0v) is 12.8. The summed E-state index contributed by atoms with van der Waals surface area (Å²) in [5.41, 5.74) is 1.30. The van der Waals surface area contributed by atoms with Gasteiger partial charge in [-0.3, -0.25) is 14.9 Å². The Morgan fingerprint density at radius 2 is 2.23 bits per heavy atom. The van der Waals surface area contributed by atoms with E-state index in [0.717, 1.165) is 17.7 Å². The van der Waals surface area contributed by atoms with Crippen molar-refractivity contribution in [2.75, 3.05) is 5.75 Å². The van der Waals surface area contributed by atoms with Gasteiger partial charge in [0.15, 0.2) is 5.12 Å². The molecule has 0 atom stereocenters. The lowest BCUT2D eigenvalue weighted by Gasteiger charge is -2.01. The highest BCUT2D eigenvalue weighted by Gasteiger charge is 2.14. The zero-order chi connectivity index (χ0) is 15.9. The molecule has 0 spiro atoms. The van der Waals surface area contributed by atoms with Gasteiger partial charge in [-0.25, -0.2) is 4.68 Å². The molecule has 2 rings (SSSR count). The molecule has 0 saturated heterocycles. The van der Waals surface area contributed by atoms with E-state index in [1.807, 2.05) is 12.2 Å². The van der Waals surface area contributed by atoms with Crippen LogP contribution < -0.4 is 0 Å². The van der Waals surface area contributed by atoms with Gasteiger partial charge in [-0.15, -0.1) is 0 Å². The summed E-state index contributed by atoms with van der Waals surface area (Å²) in [5.74, 6) is 0.740. The average Bonchev–Trinajstić information content (AvgIpc) is 2.95. The molecule has 7 heteroatoms. The first-order valence-corrected chi connectivity index (χ1v) is 7.65. The van der Waals surface area contributed by atoms with Crippen molar-refractivity contribution in [3.05, 3.63) is 58.4 Å². The Hall–Kier alpha value is -2.41. The van der Waals surface area contributed by atoms with Gasteiger partial charge in [0, 0.05) is 30.5 Å². The zero-order valence-electron chi connectivity index (χ0n) is 12.0. The van der Waals surface area contributed by atoms with Crippen molar-refractivity contribution < 1.29 is 9.72 Å². The molecular weight excluding hydrogens is 302 g/mol. The van der Waals surface area contributed by atoms with Crippen LogP contribution in [0.1, 0.15) is 18.9 Å². The van der Waals surface area contributed by atoms with Crippen LogP contribution in [-0.4, -0.2) is 25.6 Å². The molecule has 0 amide bonds. The Labute approximate surface area is 132 Å². The molecule has 1 heterocycles. The van der Waals surface area contributed by atoms with E-state index in [2.05, 4.69) is 5.10 Å². The summed E-state index contributed by atoms with van der Waals surface area (Å²) >= 11 is 1.29. The largest absolute Gasteiger partial charge is 0.294 e. The minimum atomic E-state index is -0.425. The van der Waals surface area contributed by atoms with E-state index >= 15 is 0 Å². The Kier molecular flexibility index (Phi) is 5.48. The van der Waals surface area contributed by atoms with E-state index in [-0.39, 0.29) is 10.8 Å². The van der Waals surface area contributed by atoms with Crippen LogP contribution in [0.4, 0.5) is 5.69 Å². The number of carbonyl (C=O) groups excluding carboxylic acids is 1. The van der Waals surface area contributed by atoms with Crippen molar-refractivity contribution in [3.63, 3.8) is 0 Å². The number of aromatic nitrogens is 2. The Morgan fingerprint density at radius 3 is 2.95 bits per heavy atom. The molecule has 0 aliphatic carbocycles. The quantitative estimate of drug-likeness (QED) is 0.463. The lowest BCUT2D eigenvalue weighted by Crippen LogP contribution is -1.99. The molecule has 0 unspecified atom stereocenters. The third kappa shape index (κ3) is 4.29. The van der Waals surface area contributed by atoms with Gasteiger partial charge >= 0.3 is 0 Å². The number of carbonyl (C=O) groups is 1. The van der Waals surface area contributed by atoms with Gasteiger partial charge in [-0.1, -0.05) is 36.0 Å². The molecular formula is C15H15N3O3S. The van der Waals surface area contributed by atoms with Crippen LogP contribution in [0.15, 0.2) is 42.7 Å². The number of rotatable bonds is 6. The fourth-order valence-corrected chi connectivity index (χ4v) is 2.40. The molecule has 22 heavy (non-hydrogen) atoms. The van der Waals surface area contributed by atoms with Crippen LogP contribution in [0.3, 0.4) is 0 Å². The first kappa shape index (κ1) is 16.0. The molecule has 2 aromatic rings. The van der Waals surface area contributed by atoms with Gasteiger partial charge in [0.1, 0.15) is 5.69 Å². The number of nitro groups is 1. The molecule has 0 fully saturated rings. The Bertz CT molecular complexity index is 710. The summed E-state index contributed by atoms with van der Waals surface area (Å²) in [7, 11) is 0. The van der Waals surface area contributed by atoms with Gasteiger partial charge < -0.3 is 0 Å². The SMILES string of the molecule is CC(=O)SCCC=Cc1cnn(-c2ccccc2[N+](=O)[O-])c1. The highest BCUT2D eigenvalue weighted by molar-refractivity contribution is 8.13. The lowest BCUT2D eigenvalue weighted by molar-refractivity contribution is -0.384. The number of hydrogen-bond acceptors (Lipinski definition) is 5. The first-order chi connectivity index (χ1) is 10.6. The number of thioether (sulfide) groups is 1. The van der Waals surface area contributed by atoms with Crippen LogP contribution in [0, 0.1) is 10.1 Å². The minimum absolute atomic E-state index is 0.0130. The number of hydrogen-bond donors (Lipinski definition) is 0. The highest BCUT2D eigenvalue weighted by atomic mass is 32.2. The summed E-state index contributed by atoms with van der Waals surface area (Å²) in [6.45, 7) is 1.55. The molecule has 1 aromatic heterocycles.